The molecule has 1 heterocycles. The van der Waals surface area contributed by atoms with E-state index in [4.69, 9.17) is 5.11 Å². The van der Waals surface area contributed by atoms with Gasteiger partial charge in [0.2, 0.25) is 0 Å². The highest BCUT2D eigenvalue weighted by Crippen LogP contribution is 2.20. The van der Waals surface area contributed by atoms with E-state index < -0.39 is 12.1 Å². The van der Waals surface area contributed by atoms with Gasteiger partial charge in [0.15, 0.2) is 0 Å². The van der Waals surface area contributed by atoms with Crippen LogP contribution in [0.4, 0.5) is 4.79 Å². The SMILES string of the molecule is CCCN(CC(=O)O)C(=O)N1CC(O)CC1CN(C)C. The number of nitrogens with zero attached hydrogens (tertiary/aromatic N) is 3. The Morgan fingerprint density at radius 1 is 1.35 bits per heavy atom. The molecule has 0 aromatic rings. The van der Waals surface area contributed by atoms with Gasteiger partial charge >= 0.3 is 12.0 Å². The van der Waals surface area contributed by atoms with E-state index in [1.807, 2.05) is 25.9 Å². The first-order chi connectivity index (χ1) is 9.35. The molecule has 116 valence electrons. The van der Waals surface area contributed by atoms with Crippen molar-refractivity contribution in [2.45, 2.75) is 31.9 Å². The minimum Gasteiger partial charge on any atom is -0.480 e. The number of amides is 2. The van der Waals surface area contributed by atoms with Crippen molar-refractivity contribution < 1.29 is 19.8 Å². The summed E-state index contributed by atoms with van der Waals surface area (Å²) in [6.07, 6.45) is 0.710. The first kappa shape index (κ1) is 16.7. The summed E-state index contributed by atoms with van der Waals surface area (Å²) in [6.45, 7) is 2.95. The molecule has 1 aliphatic heterocycles. The van der Waals surface area contributed by atoms with Crippen molar-refractivity contribution in [1.82, 2.24) is 14.7 Å². The summed E-state index contributed by atoms with van der Waals surface area (Å²) >= 11 is 0. The van der Waals surface area contributed by atoms with E-state index in [-0.39, 0.29) is 25.2 Å². The third-order valence-electron chi connectivity index (χ3n) is 3.30. The van der Waals surface area contributed by atoms with E-state index in [0.717, 1.165) is 0 Å². The Morgan fingerprint density at radius 3 is 2.50 bits per heavy atom. The number of carbonyl (C=O) groups excluding carboxylic acids is 1. The average Bonchev–Trinajstić information content (AvgIpc) is 2.67. The number of hydrogen-bond donors (Lipinski definition) is 2. The summed E-state index contributed by atoms with van der Waals surface area (Å²) in [4.78, 5) is 28.2. The Kier molecular flexibility index (Phi) is 6.22. The zero-order valence-electron chi connectivity index (χ0n) is 12.4. The molecular weight excluding hydrogens is 262 g/mol. The van der Waals surface area contributed by atoms with E-state index in [9.17, 15) is 14.7 Å². The molecular formula is C13H25N3O4. The molecule has 1 fully saturated rings. The number of carboxylic acid groups (broad SMARTS) is 1. The lowest BCUT2D eigenvalue weighted by atomic mass is 10.2. The summed E-state index contributed by atoms with van der Waals surface area (Å²) in [7, 11) is 3.82. The van der Waals surface area contributed by atoms with Crippen molar-refractivity contribution in [3.05, 3.63) is 0 Å². The molecule has 2 N–H and O–H groups in total. The number of carbonyl (C=O) groups is 2. The second kappa shape index (κ2) is 7.44. The van der Waals surface area contributed by atoms with Crippen LogP contribution in [0.25, 0.3) is 0 Å². The van der Waals surface area contributed by atoms with E-state index in [1.165, 1.54) is 4.90 Å². The van der Waals surface area contributed by atoms with E-state index in [1.54, 1.807) is 4.90 Å². The predicted octanol–water partition coefficient (Wildman–Crippen LogP) is -0.100. The first-order valence-electron chi connectivity index (χ1n) is 6.95. The number of rotatable bonds is 6. The van der Waals surface area contributed by atoms with Crippen LogP contribution in [0.5, 0.6) is 0 Å². The molecule has 0 radical (unpaired) electrons. The second-order valence-electron chi connectivity index (χ2n) is 5.56. The van der Waals surface area contributed by atoms with E-state index in [0.29, 0.717) is 25.9 Å². The topological polar surface area (TPSA) is 84.3 Å². The van der Waals surface area contributed by atoms with Crippen LogP contribution in [-0.4, -0.2) is 89.3 Å². The molecule has 0 aromatic heterocycles. The second-order valence-corrected chi connectivity index (χ2v) is 5.56. The molecule has 0 spiro atoms. The Bertz CT molecular complexity index is 349. The summed E-state index contributed by atoms with van der Waals surface area (Å²) < 4.78 is 0. The lowest BCUT2D eigenvalue weighted by molar-refractivity contribution is -0.137. The van der Waals surface area contributed by atoms with Crippen molar-refractivity contribution in [3.8, 4) is 0 Å². The Balaban J connectivity index is 2.76. The van der Waals surface area contributed by atoms with E-state index >= 15 is 0 Å². The van der Waals surface area contributed by atoms with Gasteiger partial charge in [-0.15, -0.1) is 0 Å². The number of aliphatic hydroxyl groups excluding tert-OH is 1. The van der Waals surface area contributed by atoms with Crippen molar-refractivity contribution in [3.63, 3.8) is 0 Å². The third kappa shape index (κ3) is 4.64. The van der Waals surface area contributed by atoms with Crippen molar-refractivity contribution in [2.24, 2.45) is 0 Å². The number of hydrogen-bond acceptors (Lipinski definition) is 4. The quantitative estimate of drug-likeness (QED) is 0.712. The molecule has 1 rings (SSSR count). The molecule has 0 aromatic carbocycles. The molecule has 1 aliphatic rings. The normalized spacial score (nSPS) is 22.4. The fraction of sp³-hybridized carbons (Fsp3) is 0.846. The van der Waals surface area contributed by atoms with Gasteiger partial charge in [-0.25, -0.2) is 4.79 Å². The molecule has 0 bridgehead atoms. The number of likely N-dealkylation sites (tertiary alicyclic amines) is 1. The van der Waals surface area contributed by atoms with Crippen LogP contribution in [0.1, 0.15) is 19.8 Å². The molecule has 2 amide bonds. The lowest BCUT2D eigenvalue weighted by Crippen LogP contribution is -2.50. The van der Waals surface area contributed by atoms with Crippen LogP contribution in [0.15, 0.2) is 0 Å². The average molecular weight is 287 g/mol. The number of urea groups is 1. The van der Waals surface area contributed by atoms with Gasteiger partial charge in [-0.2, -0.15) is 0 Å². The Morgan fingerprint density at radius 2 is 2.00 bits per heavy atom. The maximum absolute atomic E-state index is 12.5. The first-order valence-corrected chi connectivity index (χ1v) is 6.95. The zero-order chi connectivity index (χ0) is 15.3. The smallest absolute Gasteiger partial charge is 0.323 e. The monoisotopic (exact) mass is 287 g/mol. The summed E-state index contributed by atoms with van der Waals surface area (Å²) in [5, 5.41) is 18.7. The molecule has 0 saturated carbocycles. The molecule has 7 heteroatoms. The highest BCUT2D eigenvalue weighted by Gasteiger charge is 2.36. The lowest BCUT2D eigenvalue weighted by Gasteiger charge is -2.31. The third-order valence-corrected chi connectivity index (χ3v) is 3.30. The molecule has 2 unspecified atom stereocenters. The highest BCUT2D eigenvalue weighted by atomic mass is 16.4. The summed E-state index contributed by atoms with van der Waals surface area (Å²) in [6, 6.07) is -0.363. The number of aliphatic carboxylic acids is 1. The molecule has 20 heavy (non-hydrogen) atoms. The fourth-order valence-corrected chi connectivity index (χ4v) is 2.58. The maximum Gasteiger partial charge on any atom is 0.323 e. The van der Waals surface area contributed by atoms with Crippen molar-refractivity contribution in [2.75, 3.05) is 40.3 Å². The van der Waals surface area contributed by atoms with E-state index in [2.05, 4.69) is 0 Å². The predicted molar refractivity (Wildman–Crippen MR) is 74.6 cm³/mol. The van der Waals surface area contributed by atoms with Crippen LogP contribution >= 0.6 is 0 Å². The van der Waals surface area contributed by atoms with Crippen LogP contribution in [-0.2, 0) is 4.79 Å². The highest BCUT2D eigenvalue weighted by molar-refractivity contribution is 5.80. The Labute approximate surface area is 119 Å². The minimum absolute atomic E-state index is 0.0688. The van der Waals surface area contributed by atoms with Crippen molar-refractivity contribution in [1.29, 1.82) is 0 Å². The number of aliphatic hydroxyl groups is 1. The van der Waals surface area contributed by atoms with Gasteiger partial charge in [-0.05, 0) is 26.9 Å². The summed E-state index contributed by atoms with van der Waals surface area (Å²) in [5.74, 6) is -1.02. The van der Waals surface area contributed by atoms with Gasteiger partial charge in [-0.3, -0.25) is 4.79 Å². The fourth-order valence-electron chi connectivity index (χ4n) is 2.58. The molecule has 2 atom stereocenters. The molecule has 0 aliphatic carbocycles. The Hall–Kier alpha value is -1.34. The molecule has 7 nitrogen and oxygen atoms in total. The maximum atomic E-state index is 12.5. The molecule has 1 saturated heterocycles. The number of carboxylic acids is 1. The van der Waals surface area contributed by atoms with Crippen LogP contribution in [0.2, 0.25) is 0 Å². The minimum atomic E-state index is -1.02. The number of likely N-dealkylation sites (N-methyl/N-ethyl adjacent to an activating group) is 1. The van der Waals surface area contributed by atoms with Gasteiger partial charge in [-0.1, -0.05) is 6.92 Å². The standard InChI is InChI=1S/C13H25N3O4/c1-4-5-15(9-12(18)19)13(20)16-8-11(17)6-10(16)7-14(2)3/h10-11,17H,4-9H2,1-3H3,(H,18,19). The van der Waals surface area contributed by atoms with Crippen LogP contribution in [0, 0.1) is 0 Å². The van der Waals surface area contributed by atoms with Gasteiger partial charge in [0.1, 0.15) is 6.54 Å². The van der Waals surface area contributed by atoms with Gasteiger partial charge < -0.3 is 24.9 Å². The van der Waals surface area contributed by atoms with Gasteiger partial charge in [0.25, 0.3) is 0 Å². The van der Waals surface area contributed by atoms with Gasteiger partial charge in [0.05, 0.1) is 6.10 Å². The zero-order valence-corrected chi connectivity index (χ0v) is 12.4. The summed E-state index contributed by atoms with van der Waals surface area (Å²) in [5.41, 5.74) is 0. The van der Waals surface area contributed by atoms with Gasteiger partial charge in [0, 0.05) is 25.7 Å². The number of β-amino-alcohol motifs (C(OH)–C–C–N with tert-alkyl or cyclic N) is 1. The largest absolute Gasteiger partial charge is 0.480 e. The van der Waals surface area contributed by atoms with Crippen molar-refractivity contribution >= 4 is 12.0 Å². The van der Waals surface area contributed by atoms with Crippen LogP contribution < -0.4 is 0 Å². The van der Waals surface area contributed by atoms with Crippen LogP contribution in [0.3, 0.4) is 0 Å².